The van der Waals surface area contributed by atoms with Crippen LogP contribution in [0.25, 0.3) is 0 Å². The molecule has 1 aliphatic heterocycles. The molecule has 22 heavy (non-hydrogen) atoms. The van der Waals surface area contributed by atoms with E-state index in [-0.39, 0.29) is 19.0 Å². The van der Waals surface area contributed by atoms with Gasteiger partial charge in [0, 0.05) is 19.5 Å². The highest BCUT2D eigenvalue weighted by Gasteiger charge is 2.43. The maximum atomic E-state index is 14.2. The number of hydrogen-bond donors (Lipinski definition) is 0. The summed E-state index contributed by atoms with van der Waals surface area (Å²) in [7, 11) is 0. The van der Waals surface area contributed by atoms with Crippen molar-refractivity contribution in [3.63, 3.8) is 0 Å². The van der Waals surface area contributed by atoms with E-state index in [0.29, 0.717) is 43.6 Å². The lowest BCUT2D eigenvalue weighted by molar-refractivity contribution is -0.161. The Kier molecular flexibility index (Phi) is 5.45. The monoisotopic (exact) mass is 313 g/mol. The SMILES string of the molecule is C=C(CC(F)(F)C(=O)N1CCOCC1)[C@H]1CC=C(C=O)CC1. The minimum atomic E-state index is -3.43. The second-order valence-corrected chi connectivity index (χ2v) is 5.81. The van der Waals surface area contributed by atoms with Gasteiger partial charge >= 0.3 is 5.92 Å². The molecule has 0 saturated carbocycles. The summed E-state index contributed by atoms with van der Waals surface area (Å²) < 4.78 is 33.4. The third-order valence-electron chi connectivity index (χ3n) is 4.24. The molecule has 4 nitrogen and oxygen atoms in total. The zero-order valence-corrected chi connectivity index (χ0v) is 12.5. The maximum absolute atomic E-state index is 14.2. The predicted molar refractivity (Wildman–Crippen MR) is 77.6 cm³/mol. The smallest absolute Gasteiger partial charge is 0.328 e. The molecule has 0 aromatic rings. The van der Waals surface area contributed by atoms with Crippen molar-refractivity contribution in [2.24, 2.45) is 5.92 Å². The number of allylic oxidation sites excluding steroid dienone is 3. The molecule has 0 spiro atoms. The molecule has 1 fully saturated rings. The highest BCUT2D eigenvalue weighted by atomic mass is 19.3. The summed E-state index contributed by atoms with van der Waals surface area (Å²) in [5, 5.41) is 0. The molecule has 1 atom stereocenters. The summed E-state index contributed by atoms with van der Waals surface area (Å²) in [5.74, 6) is -4.66. The number of amides is 1. The van der Waals surface area contributed by atoms with Crippen molar-refractivity contribution in [3.05, 3.63) is 23.8 Å². The summed E-state index contributed by atoms with van der Waals surface area (Å²) in [4.78, 5) is 23.8. The number of morpholine rings is 1. The number of ether oxygens (including phenoxy) is 1. The summed E-state index contributed by atoms with van der Waals surface area (Å²) in [6.45, 7) is 4.75. The Hall–Kier alpha value is -1.56. The van der Waals surface area contributed by atoms with E-state index >= 15 is 0 Å². The Morgan fingerprint density at radius 1 is 1.45 bits per heavy atom. The second-order valence-electron chi connectivity index (χ2n) is 5.81. The minimum absolute atomic E-state index is 0.0907. The van der Waals surface area contributed by atoms with E-state index in [1.807, 2.05) is 0 Å². The first-order valence-corrected chi connectivity index (χ1v) is 7.51. The number of alkyl halides is 2. The third kappa shape index (κ3) is 4.00. The highest BCUT2D eigenvalue weighted by Crippen LogP contribution is 2.34. The van der Waals surface area contributed by atoms with E-state index in [1.165, 1.54) is 0 Å². The summed E-state index contributed by atoms with van der Waals surface area (Å²) in [6, 6.07) is 0. The van der Waals surface area contributed by atoms with E-state index in [2.05, 4.69) is 6.58 Å². The van der Waals surface area contributed by atoms with Crippen LogP contribution in [0.5, 0.6) is 0 Å². The standard InChI is InChI=1S/C16H21F2NO3/c1-12(14-4-2-13(11-20)3-5-14)10-16(17,18)15(21)19-6-8-22-9-7-19/h2,11,14H,1,3-10H2/t14-/m0/s1. The zero-order valence-electron chi connectivity index (χ0n) is 12.5. The molecule has 2 aliphatic rings. The lowest BCUT2D eigenvalue weighted by Gasteiger charge is -2.31. The van der Waals surface area contributed by atoms with E-state index in [9.17, 15) is 18.4 Å². The fourth-order valence-electron chi connectivity index (χ4n) is 2.84. The molecule has 2 rings (SSSR count). The summed E-state index contributed by atoms with van der Waals surface area (Å²) in [6.07, 6.45) is 3.69. The van der Waals surface area contributed by atoms with Gasteiger partial charge in [-0.25, -0.2) is 0 Å². The molecule has 0 N–H and O–H groups in total. The quantitative estimate of drug-likeness (QED) is 0.578. The number of aldehydes is 1. The molecule has 122 valence electrons. The predicted octanol–water partition coefficient (Wildman–Crippen LogP) is 2.35. The van der Waals surface area contributed by atoms with Gasteiger partial charge in [0.2, 0.25) is 0 Å². The largest absolute Gasteiger partial charge is 0.378 e. The summed E-state index contributed by atoms with van der Waals surface area (Å²) in [5.41, 5.74) is 1.09. The average molecular weight is 313 g/mol. The summed E-state index contributed by atoms with van der Waals surface area (Å²) >= 11 is 0. The Morgan fingerprint density at radius 2 is 2.14 bits per heavy atom. The van der Waals surface area contributed by atoms with Gasteiger partial charge in [0.15, 0.2) is 0 Å². The van der Waals surface area contributed by atoms with Gasteiger partial charge in [-0.2, -0.15) is 8.78 Å². The Morgan fingerprint density at radius 3 is 2.68 bits per heavy atom. The van der Waals surface area contributed by atoms with Gasteiger partial charge in [0.05, 0.1) is 13.2 Å². The zero-order chi connectivity index (χ0) is 16.2. The molecule has 1 heterocycles. The van der Waals surface area contributed by atoms with Crippen LogP contribution in [0.2, 0.25) is 0 Å². The van der Waals surface area contributed by atoms with Crippen molar-refractivity contribution in [1.29, 1.82) is 0 Å². The van der Waals surface area contributed by atoms with Crippen molar-refractivity contribution >= 4 is 12.2 Å². The maximum Gasteiger partial charge on any atom is 0.328 e. The van der Waals surface area contributed by atoms with Crippen LogP contribution in [0.15, 0.2) is 23.8 Å². The van der Waals surface area contributed by atoms with Gasteiger partial charge in [-0.1, -0.05) is 18.2 Å². The number of hydrogen-bond acceptors (Lipinski definition) is 3. The molecular formula is C16H21F2NO3. The first-order valence-electron chi connectivity index (χ1n) is 7.51. The molecule has 0 aromatic heterocycles. The lowest BCUT2D eigenvalue weighted by Crippen LogP contribution is -2.48. The first-order chi connectivity index (χ1) is 10.4. The molecule has 1 amide bonds. The van der Waals surface area contributed by atoms with Crippen molar-refractivity contribution in [2.75, 3.05) is 26.3 Å². The van der Waals surface area contributed by atoms with Gasteiger partial charge in [0.25, 0.3) is 5.91 Å². The van der Waals surface area contributed by atoms with Crippen LogP contribution in [-0.4, -0.2) is 49.3 Å². The third-order valence-corrected chi connectivity index (χ3v) is 4.24. The minimum Gasteiger partial charge on any atom is -0.378 e. The second kappa shape index (κ2) is 7.13. The van der Waals surface area contributed by atoms with E-state index in [1.54, 1.807) is 6.08 Å². The molecular weight excluding hydrogens is 292 g/mol. The van der Waals surface area contributed by atoms with Crippen molar-refractivity contribution in [3.8, 4) is 0 Å². The van der Waals surface area contributed by atoms with Crippen LogP contribution in [0.4, 0.5) is 8.78 Å². The van der Waals surface area contributed by atoms with Gasteiger partial charge in [-0.3, -0.25) is 9.59 Å². The molecule has 0 unspecified atom stereocenters. The molecule has 1 saturated heterocycles. The van der Waals surface area contributed by atoms with E-state index in [4.69, 9.17) is 4.74 Å². The van der Waals surface area contributed by atoms with Crippen LogP contribution in [-0.2, 0) is 14.3 Å². The average Bonchev–Trinajstić information content (AvgIpc) is 2.54. The fourth-order valence-corrected chi connectivity index (χ4v) is 2.84. The number of halogens is 2. The van der Waals surface area contributed by atoms with Crippen LogP contribution < -0.4 is 0 Å². The van der Waals surface area contributed by atoms with Crippen LogP contribution in [0, 0.1) is 5.92 Å². The van der Waals surface area contributed by atoms with E-state index < -0.39 is 18.3 Å². The normalized spacial score (nSPS) is 22.9. The molecule has 0 bridgehead atoms. The Balaban J connectivity index is 1.93. The number of rotatable bonds is 5. The van der Waals surface area contributed by atoms with Crippen molar-refractivity contribution < 1.29 is 23.1 Å². The number of nitrogens with zero attached hydrogens (tertiary/aromatic N) is 1. The molecule has 0 aromatic carbocycles. The number of carbonyl (C=O) groups excluding carboxylic acids is 2. The lowest BCUT2D eigenvalue weighted by atomic mass is 9.83. The topological polar surface area (TPSA) is 46.6 Å². The van der Waals surface area contributed by atoms with E-state index in [0.717, 1.165) is 11.2 Å². The highest BCUT2D eigenvalue weighted by molar-refractivity contribution is 5.84. The van der Waals surface area contributed by atoms with Gasteiger partial charge in [-0.05, 0) is 30.8 Å². The Labute approximate surface area is 128 Å². The molecule has 0 radical (unpaired) electrons. The van der Waals surface area contributed by atoms with Crippen LogP contribution in [0.1, 0.15) is 25.7 Å². The van der Waals surface area contributed by atoms with Crippen LogP contribution >= 0.6 is 0 Å². The number of carbonyl (C=O) groups is 2. The van der Waals surface area contributed by atoms with Gasteiger partial charge in [-0.15, -0.1) is 0 Å². The Bertz CT molecular complexity index is 482. The van der Waals surface area contributed by atoms with Crippen molar-refractivity contribution in [2.45, 2.75) is 31.6 Å². The molecule has 1 aliphatic carbocycles. The van der Waals surface area contributed by atoms with Gasteiger partial charge < -0.3 is 9.64 Å². The first kappa shape index (κ1) is 16.8. The van der Waals surface area contributed by atoms with Gasteiger partial charge in [0.1, 0.15) is 6.29 Å². The fraction of sp³-hybridized carbons (Fsp3) is 0.625. The van der Waals surface area contributed by atoms with Crippen molar-refractivity contribution in [1.82, 2.24) is 4.90 Å². The van der Waals surface area contributed by atoms with Crippen LogP contribution in [0.3, 0.4) is 0 Å². The molecule has 6 heteroatoms.